The molecule has 0 atom stereocenters. The largest absolute Gasteiger partial charge is 0.370 e. The van der Waals surface area contributed by atoms with E-state index in [0.717, 1.165) is 39.1 Å². The smallest absolute Gasteiger partial charge is 0.191 e. The zero-order valence-electron chi connectivity index (χ0n) is 14.5. The Kier molecular flexibility index (Phi) is 5.46. The minimum absolute atomic E-state index is 0.0192. The Balaban J connectivity index is 2.04. The minimum atomic E-state index is 0.0192. The van der Waals surface area contributed by atoms with E-state index in [0.29, 0.717) is 5.96 Å². The molecule has 1 aromatic carbocycles. The zero-order chi connectivity index (χ0) is 16.2. The van der Waals surface area contributed by atoms with E-state index in [2.05, 4.69) is 66.8 Å². The maximum absolute atomic E-state index is 6.11. The van der Waals surface area contributed by atoms with Crippen molar-refractivity contribution in [1.29, 1.82) is 0 Å². The normalized spacial score (nSPS) is 16.5. The number of aliphatic imine (C=N–C) groups is 1. The van der Waals surface area contributed by atoms with Crippen molar-refractivity contribution in [3.05, 3.63) is 35.4 Å². The van der Waals surface area contributed by atoms with Crippen LogP contribution >= 0.6 is 0 Å². The predicted octanol–water partition coefficient (Wildman–Crippen LogP) is 2.48. The predicted molar refractivity (Wildman–Crippen MR) is 94.0 cm³/mol. The van der Waals surface area contributed by atoms with Crippen molar-refractivity contribution in [3.8, 4) is 0 Å². The van der Waals surface area contributed by atoms with Crippen molar-refractivity contribution in [2.24, 2.45) is 10.7 Å². The quantitative estimate of drug-likeness (QED) is 0.671. The fourth-order valence-electron chi connectivity index (χ4n) is 3.03. The number of fused-ring (bicyclic) bond motifs is 1. The van der Waals surface area contributed by atoms with Gasteiger partial charge in [0.1, 0.15) is 0 Å². The lowest BCUT2D eigenvalue weighted by molar-refractivity contribution is 0.111. The molecular weight excluding hydrogens is 272 g/mol. The fourth-order valence-corrected chi connectivity index (χ4v) is 3.03. The van der Waals surface area contributed by atoms with E-state index >= 15 is 0 Å². The molecule has 1 aliphatic heterocycles. The van der Waals surface area contributed by atoms with Gasteiger partial charge in [-0.1, -0.05) is 24.3 Å². The molecule has 0 saturated carbocycles. The fraction of sp³-hybridized carbons (Fsp3) is 0.611. The second kappa shape index (κ2) is 7.14. The summed E-state index contributed by atoms with van der Waals surface area (Å²) >= 11 is 0. The molecule has 2 N–H and O–H groups in total. The molecule has 0 fully saturated rings. The number of hydrogen-bond acceptors (Lipinski definition) is 2. The van der Waals surface area contributed by atoms with Gasteiger partial charge in [-0.15, -0.1) is 0 Å². The molecule has 0 amide bonds. The van der Waals surface area contributed by atoms with Crippen molar-refractivity contribution in [3.63, 3.8) is 0 Å². The monoisotopic (exact) mass is 302 g/mol. The first-order valence-electron chi connectivity index (χ1n) is 8.34. The van der Waals surface area contributed by atoms with Gasteiger partial charge in [-0.25, -0.2) is 0 Å². The lowest BCUT2D eigenvalue weighted by Gasteiger charge is -2.41. The molecule has 0 aromatic heterocycles. The molecule has 22 heavy (non-hydrogen) atoms. The average Bonchev–Trinajstić information content (AvgIpc) is 2.53. The number of rotatable bonds is 5. The number of nitrogens with zero attached hydrogens (tertiary/aromatic N) is 3. The number of nitrogens with two attached hydrogens (primary N) is 1. The van der Waals surface area contributed by atoms with Gasteiger partial charge in [0.15, 0.2) is 5.96 Å². The first-order chi connectivity index (χ1) is 10.5. The Morgan fingerprint density at radius 1 is 1.23 bits per heavy atom. The third kappa shape index (κ3) is 3.80. The summed E-state index contributed by atoms with van der Waals surface area (Å²) < 4.78 is 0. The van der Waals surface area contributed by atoms with Gasteiger partial charge in [-0.05, 0) is 45.2 Å². The van der Waals surface area contributed by atoms with E-state index in [1.54, 1.807) is 0 Å². The first-order valence-corrected chi connectivity index (χ1v) is 8.34. The molecular formula is C18H30N4. The van der Waals surface area contributed by atoms with Crippen LogP contribution in [0.25, 0.3) is 0 Å². The maximum atomic E-state index is 6.11. The highest BCUT2D eigenvalue weighted by molar-refractivity contribution is 5.78. The molecule has 0 radical (unpaired) electrons. The lowest BCUT2D eigenvalue weighted by atomic mass is 9.94. The lowest BCUT2D eigenvalue weighted by Crippen LogP contribution is -2.49. The molecule has 1 aliphatic rings. The molecule has 1 heterocycles. The summed E-state index contributed by atoms with van der Waals surface area (Å²) in [6, 6.07) is 8.75. The molecule has 0 unspecified atom stereocenters. The number of hydrogen-bond donors (Lipinski definition) is 1. The van der Waals surface area contributed by atoms with Crippen LogP contribution in [-0.4, -0.2) is 47.5 Å². The van der Waals surface area contributed by atoms with Crippen LogP contribution in [0.2, 0.25) is 0 Å². The summed E-state index contributed by atoms with van der Waals surface area (Å²) in [7, 11) is 0. The van der Waals surface area contributed by atoms with E-state index in [9.17, 15) is 0 Å². The maximum Gasteiger partial charge on any atom is 0.191 e. The molecule has 0 bridgehead atoms. The highest BCUT2D eigenvalue weighted by Crippen LogP contribution is 2.25. The number of guanidine groups is 1. The second-order valence-electron chi connectivity index (χ2n) is 6.60. The van der Waals surface area contributed by atoms with Gasteiger partial charge in [0, 0.05) is 31.7 Å². The Morgan fingerprint density at radius 2 is 1.86 bits per heavy atom. The van der Waals surface area contributed by atoms with Crippen molar-refractivity contribution in [1.82, 2.24) is 9.80 Å². The average molecular weight is 302 g/mol. The first kappa shape index (κ1) is 16.8. The molecule has 0 aliphatic carbocycles. The summed E-state index contributed by atoms with van der Waals surface area (Å²) in [6.45, 7) is 13.4. The van der Waals surface area contributed by atoms with Crippen LogP contribution in [0, 0.1) is 0 Å². The van der Waals surface area contributed by atoms with Crippen LogP contribution < -0.4 is 5.73 Å². The van der Waals surface area contributed by atoms with Crippen molar-refractivity contribution in [2.45, 2.75) is 46.2 Å². The Hall–Kier alpha value is -1.55. The Morgan fingerprint density at radius 3 is 2.50 bits per heavy atom. The Labute approximate surface area is 135 Å². The van der Waals surface area contributed by atoms with Crippen LogP contribution in [0.4, 0.5) is 0 Å². The Bertz CT molecular complexity index is 518. The van der Waals surface area contributed by atoms with Crippen molar-refractivity contribution >= 4 is 5.96 Å². The van der Waals surface area contributed by atoms with Gasteiger partial charge in [-0.3, -0.25) is 9.89 Å². The van der Waals surface area contributed by atoms with Gasteiger partial charge in [-0.2, -0.15) is 0 Å². The summed E-state index contributed by atoms with van der Waals surface area (Å²) in [5.41, 5.74) is 9.06. The van der Waals surface area contributed by atoms with Crippen molar-refractivity contribution in [2.75, 3.05) is 26.2 Å². The van der Waals surface area contributed by atoms with Gasteiger partial charge >= 0.3 is 0 Å². The van der Waals surface area contributed by atoms with Crippen molar-refractivity contribution < 1.29 is 0 Å². The summed E-state index contributed by atoms with van der Waals surface area (Å²) in [6.07, 6.45) is 1.12. The van der Waals surface area contributed by atoms with Gasteiger partial charge in [0.25, 0.3) is 0 Å². The van der Waals surface area contributed by atoms with Crippen LogP contribution in [0.1, 0.15) is 38.8 Å². The topological polar surface area (TPSA) is 44.9 Å². The molecule has 122 valence electrons. The standard InChI is InChI=1S/C18H30N4/c1-5-21(6-2)17(19)20-14-18(3,4)22-12-11-15-9-7-8-10-16(15)13-22/h7-10H,5-6,11-14H2,1-4H3,(H2,19,20). The zero-order valence-corrected chi connectivity index (χ0v) is 14.5. The third-order valence-electron chi connectivity index (χ3n) is 4.70. The van der Waals surface area contributed by atoms with Gasteiger partial charge < -0.3 is 10.6 Å². The highest BCUT2D eigenvalue weighted by atomic mass is 15.3. The molecule has 0 spiro atoms. The van der Waals surface area contributed by atoms with Crippen LogP contribution in [0.5, 0.6) is 0 Å². The molecule has 1 aromatic rings. The van der Waals surface area contributed by atoms with E-state index in [1.165, 1.54) is 11.1 Å². The molecule has 2 rings (SSSR count). The van der Waals surface area contributed by atoms with E-state index in [-0.39, 0.29) is 5.54 Å². The van der Waals surface area contributed by atoms with E-state index in [4.69, 9.17) is 5.73 Å². The number of benzene rings is 1. The molecule has 4 heteroatoms. The van der Waals surface area contributed by atoms with Crippen LogP contribution in [0.3, 0.4) is 0 Å². The summed E-state index contributed by atoms with van der Waals surface area (Å²) in [4.78, 5) is 9.27. The van der Waals surface area contributed by atoms with E-state index in [1.807, 2.05) is 0 Å². The SMILES string of the molecule is CCN(CC)C(N)=NCC(C)(C)N1CCc2ccccc2C1. The van der Waals surface area contributed by atoms with Crippen LogP contribution in [0.15, 0.2) is 29.3 Å². The minimum Gasteiger partial charge on any atom is -0.370 e. The third-order valence-corrected chi connectivity index (χ3v) is 4.70. The molecule has 0 saturated heterocycles. The second-order valence-corrected chi connectivity index (χ2v) is 6.60. The van der Waals surface area contributed by atoms with Gasteiger partial charge in [0.2, 0.25) is 0 Å². The summed E-state index contributed by atoms with van der Waals surface area (Å²) in [5, 5.41) is 0. The molecule has 4 nitrogen and oxygen atoms in total. The highest BCUT2D eigenvalue weighted by Gasteiger charge is 2.29. The van der Waals surface area contributed by atoms with Gasteiger partial charge in [0.05, 0.1) is 6.54 Å². The summed E-state index contributed by atoms with van der Waals surface area (Å²) in [5.74, 6) is 0.662. The van der Waals surface area contributed by atoms with E-state index < -0.39 is 0 Å². The van der Waals surface area contributed by atoms with Crippen LogP contribution in [-0.2, 0) is 13.0 Å².